The SMILES string of the molecule is CN(c1nc(Cl)ncc1N)C1CCC1. The average molecular weight is 213 g/mol. The Balaban J connectivity index is 2.24. The highest BCUT2D eigenvalue weighted by atomic mass is 35.5. The molecule has 0 atom stereocenters. The summed E-state index contributed by atoms with van der Waals surface area (Å²) in [6.07, 6.45) is 5.25. The second kappa shape index (κ2) is 3.61. The highest BCUT2D eigenvalue weighted by molar-refractivity contribution is 6.28. The predicted octanol–water partition coefficient (Wildman–Crippen LogP) is 1.70. The van der Waals surface area contributed by atoms with Gasteiger partial charge in [-0.05, 0) is 30.9 Å². The first-order valence-corrected chi connectivity index (χ1v) is 5.07. The molecule has 0 unspecified atom stereocenters. The number of rotatable bonds is 2. The van der Waals surface area contributed by atoms with Crippen molar-refractivity contribution < 1.29 is 0 Å². The van der Waals surface area contributed by atoms with Crippen molar-refractivity contribution in [2.24, 2.45) is 0 Å². The number of nitrogens with two attached hydrogens (primary N) is 1. The molecule has 0 amide bonds. The standard InChI is InChI=1S/C9H13ClN4/c1-14(6-3-2-4-6)8-7(11)5-12-9(10)13-8/h5-6H,2-4,11H2,1H3. The quantitative estimate of drug-likeness (QED) is 0.759. The Labute approximate surface area is 88.1 Å². The molecule has 1 saturated carbocycles. The predicted molar refractivity (Wildman–Crippen MR) is 57.5 cm³/mol. The van der Waals surface area contributed by atoms with E-state index in [-0.39, 0.29) is 5.28 Å². The number of aromatic nitrogens is 2. The number of hydrogen-bond acceptors (Lipinski definition) is 4. The van der Waals surface area contributed by atoms with Crippen molar-refractivity contribution in [1.82, 2.24) is 9.97 Å². The summed E-state index contributed by atoms with van der Waals surface area (Å²) in [7, 11) is 2.00. The first kappa shape index (κ1) is 9.52. The normalized spacial score (nSPS) is 16.4. The van der Waals surface area contributed by atoms with Gasteiger partial charge in [0.1, 0.15) is 0 Å². The first-order valence-electron chi connectivity index (χ1n) is 4.69. The van der Waals surface area contributed by atoms with Gasteiger partial charge in [-0.2, -0.15) is 4.98 Å². The first-order chi connectivity index (χ1) is 6.68. The van der Waals surface area contributed by atoms with Crippen molar-refractivity contribution in [3.8, 4) is 0 Å². The van der Waals surface area contributed by atoms with E-state index in [2.05, 4.69) is 14.9 Å². The molecule has 1 aliphatic rings. The van der Waals surface area contributed by atoms with E-state index >= 15 is 0 Å². The van der Waals surface area contributed by atoms with E-state index in [0.29, 0.717) is 11.7 Å². The second-order valence-corrected chi connectivity index (χ2v) is 3.95. The zero-order valence-corrected chi connectivity index (χ0v) is 8.83. The summed E-state index contributed by atoms with van der Waals surface area (Å²) in [6.45, 7) is 0. The van der Waals surface area contributed by atoms with Crippen LogP contribution in [0.25, 0.3) is 0 Å². The lowest BCUT2D eigenvalue weighted by Gasteiger charge is -2.35. The third-order valence-electron chi connectivity index (χ3n) is 2.72. The van der Waals surface area contributed by atoms with Gasteiger partial charge < -0.3 is 10.6 Å². The largest absolute Gasteiger partial charge is 0.394 e. The summed E-state index contributed by atoms with van der Waals surface area (Å²) >= 11 is 5.72. The average Bonchev–Trinajstić information content (AvgIpc) is 2.06. The van der Waals surface area contributed by atoms with Gasteiger partial charge in [-0.1, -0.05) is 0 Å². The van der Waals surface area contributed by atoms with Crippen molar-refractivity contribution in [1.29, 1.82) is 0 Å². The molecule has 0 bridgehead atoms. The Morgan fingerprint density at radius 1 is 1.57 bits per heavy atom. The fraction of sp³-hybridized carbons (Fsp3) is 0.556. The Morgan fingerprint density at radius 3 is 2.86 bits per heavy atom. The molecule has 1 aliphatic carbocycles. The minimum Gasteiger partial charge on any atom is -0.394 e. The molecule has 0 radical (unpaired) electrons. The van der Waals surface area contributed by atoms with Crippen LogP contribution in [0.4, 0.5) is 11.5 Å². The number of anilines is 2. The zero-order chi connectivity index (χ0) is 10.1. The second-order valence-electron chi connectivity index (χ2n) is 3.61. The maximum Gasteiger partial charge on any atom is 0.224 e. The van der Waals surface area contributed by atoms with Crippen LogP contribution in [-0.4, -0.2) is 23.1 Å². The van der Waals surface area contributed by atoms with Gasteiger partial charge in [0.05, 0.1) is 11.9 Å². The molecular weight excluding hydrogens is 200 g/mol. The van der Waals surface area contributed by atoms with E-state index in [1.54, 1.807) is 6.20 Å². The van der Waals surface area contributed by atoms with Gasteiger partial charge in [0.15, 0.2) is 5.82 Å². The van der Waals surface area contributed by atoms with Gasteiger partial charge in [-0.15, -0.1) is 0 Å². The monoisotopic (exact) mass is 212 g/mol. The molecule has 2 rings (SSSR count). The molecule has 5 heteroatoms. The van der Waals surface area contributed by atoms with Crippen molar-refractivity contribution in [2.45, 2.75) is 25.3 Å². The molecule has 1 aromatic heterocycles. The van der Waals surface area contributed by atoms with Gasteiger partial charge in [-0.25, -0.2) is 4.98 Å². The van der Waals surface area contributed by atoms with E-state index in [4.69, 9.17) is 17.3 Å². The summed E-state index contributed by atoms with van der Waals surface area (Å²) in [6, 6.07) is 0.559. The Morgan fingerprint density at radius 2 is 2.29 bits per heavy atom. The van der Waals surface area contributed by atoms with Crippen LogP contribution in [0.2, 0.25) is 5.28 Å². The fourth-order valence-electron chi connectivity index (χ4n) is 1.59. The van der Waals surface area contributed by atoms with Crippen molar-refractivity contribution in [3.63, 3.8) is 0 Å². The molecule has 1 aromatic rings. The highest BCUT2D eigenvalue weighted by Gasteiger charge is 2.24. The van der Waals surface area contributed by atoms with Gasteiger partial charge in [0, 0.05) is 13.1 Å². The van der Waals surface area contributed by atoms with Crippen LogP contribution in [0, 0.1) is 0 Å². The number of nitrogen functional groups attached to an aromatic ring is 1. The van der Waals surface area contributed by atoms with E-state index < -0.39 is 0 Å². The summed E-state index contributed by atoms with van der Waals surface area (Å²) < 4.78 is 0. The summed E-state index contributed by atoms with van der Waals surface area (Å²) in [5, 5.41) is 0.250. The molecule has 1 heterocycles. The smallest absolute Gasteiger partial charge is 0.224 e. The maximum atomic E-state index is 5.78. The van der Waals surface area contributed by atoms with Gasteiger partial charge >= 0.3 is 0 Å². The van der Waals surface area contributed by atoms with E-state index in [0.717, 1.165) is 5.82 Å². The molecule has 0 saturated heterocycles. The Kier molecular flexibility index (Phi) is 2.46. The van der Waals surface area contributed by atoms with Gasteiger partial charge in [0.25, 0.3) is 0 Å². The third kappa shape index (κ3) is 1.62. The molecule has 14 heavy (non-hydrogen) atoms. The van der Waals surface area contributed by atoms with Crippen LogP contribution >= 0.6 is 11.6 Å². The van der Waals surface area contributed by atoms with Gasteiger partial charge in [0.2, 0.25) is 5.28 Å². The summed E-state index contributed by atoms with van der Waals surface area (Å²) in [5.74, 6) is 0.745. The maximum absolute atomic E-state index is 5.78. The number of halogens is 1. The summed E-state index contributed by atoms with van der Waals surface area (Å²) in [4.78, 5) is 10.0. The topological polar surface area (TPSA) is 55.0 Å². The Bertz CT molecular complexity index is 338. The van der Waals surface area contributed by atoms with Crippen molar-refractivity contribution in [2.75, 3.05) is 17.7 Å². The molecule has 4 nitrogen and oxygen atoms in total. The van der Waals surface area contributed by atoms with Crippen LogP contribution in [0.15, 0.2) is 6.20 Å². The van der Waals surface area contributed by atoms with E-state index in [9.17, 15) is 0 Å². The molecule has 2 N–H and O–H groups in total. The van der Waals surface area contributed by atoms with Crippen LogP contribution < -0.4 is 10.6 Å². The van der Waals surface area contributed by atoms with Crippen molar-refractivity contribution >= 4 is 23.1 Å². The van der Waals surface area contributed by atoms with Crippen LogP contribution in [0.5, 0.6) is 0 Å². The number of nitrogens with zero attached hydrogens (tertiary/aromatic N) is 3. The lowest BCUT2D eigenvalue weighted by Crippen LogP contribution is -2.38. The molecular formula is C9H13ClN4. The van der Waals surface area contributed by atoms with Crippen LogP contribution in [-0.2, 0) is 0 Å². The number of hydrogen-bond donors (Lipinski definition) is 1. The Hall–Kier alpha value is -1.03. The molecule has 1 fully saturated rings. The third-order valence-corrected chi connectivity index (χ3v) is 2.91. The molecule has 0 spiro atoms. The molecule has 76 valence electrons. The van der Waals surface area contributed by atoms with E-state index in [1.165, 1.54) is 19.3 Å². The lowest BCUT2D eigenvalue weighted by molar-refractivity contribution is 0.399. The van der Waals surface area contributed by atoms with Crippen LogP contribution in [0.1, 0.15) is 19.3 Å². The van der Waals surface area contributed by atoms with Gasteiger partial charge in [-0.3, -0.25) is 0 Å². The fourth-order valence-corrected chi connectivity index (χ4v) is 1.72. The minimum atomic E-state index is 0.250. The summed E-state index contributed by atoms with van der Waals surface area (Å²) in [5.41, 5.74) is 6.37. The van der Waals surface area contributed by atoms with Crippen molar-refractivity contribution in [3.05, 3.63) is 11.5 Å². The van der Waals surface area contributed by atoms with Crippen LogP contribution in [0.3, 0.4) is 0 Å². The lowest BCUT2D eigenvalue weighted by atomic mass is 9.92. The zero-order valence-electron chi connectivity index (χ0n) is 8.07. The molecule has 0 aliphatic heterocycles. The highest BCUT2D eigenvalue weighted by Crippen LogP contribution is 2.30. The van der Waals surface area contributed by atoms with E-state index in [1.807, 2.05) is 7.05 Å². The minimum absolute atomic E-state index is 0.250. The molecule has 0 aromatic carbocycles.